The quantitative estimate of drug-likeness (QED) is 0.433. The largest absolute Gasteiger partial charge is 0.370 e. The van der Waals surface area contributed by atoms with Crippen molar-refractivity contribution in [2.45, 2.75) is 20.8 Å². The number of hydrogen-bond donors (Lipinski definition) is 0. The highest BCUT2D eigenvalue weighted by molar-refractivity contribution is 4.36. The van der Waals surface area contributed by atoms with E-state index in [4.69, 9.17) is 4.74 Å². The summed E-state index contributed by atoms with van der Waals surface area (Å²) in [6, 6.07) is 0. The summed E-state index contributed by atoms with van der Waals surface area (Å²) in [5.41, 5.74) is 0. The van der Waals surface area contributed by atoms with Gasteiger partial charge in [-0.25, -0.2) is 0 Å². The topological polar surface area (TPSA) is 9.23 Å². The lowest BCUT2D eigenvalue weighted by Gasteiger charge is -2.32. The molecule has 0 rings (SSSR count). The van der Waals surface area contributed by atoms with Gasteiger partial charge in [0.1, 0.15) is 13.1 Å². The number of hydrogen-bond acceptors (Lipinski definition) is 1. The molecule has 0 saturated carbocycles. The molecule has 0 saturated heterocycles. The molecular weight excluding hydrogens is 200 g/mol. The molecule has 98 valence electrons. The third-order valence-corrected chi connectivity index (χ3v) is 4.00. The zero-order chi connectivity index (χ0) is 12.7. The van der Waals surface area contributed by atoms with Gasteiger partial charge in [-0.05, 0) is 20.8 Å². The molecular formula is C13H32N2O+2. The Kier molecular flexibility index (Phi) is 7.20. The van der Waals surface area contributed by atoms with Crippen molar-refractivity contribution in [3.05, 3.63) is 0 Å². The maximum absolute atomic E-state index is 5.74. The van der Waals surface area contributed by atoms with E-state index in [1.807, 2.05) is 0 Å². The first-order valence-corrected chi connectivity index (χ1v) is 6.62. The molecule has 0 aliphatic carbocycles. The molecule has 0 atom stereocenters. The van der Waals surface area contributed by atoms with Gasteiger partial charge in [-0.1, -0.05) is 0 Å². The molecule has 3 nitrogen and oxygen atoms in total. The minimum atomic E-state index is 0.883. The van der Waals surface area contributed by atoms with Gasteiger partial charge in [0.15, 0.2) is 0 Å². The molecule has 0 aliphatic rings. The third-order valence-electron chi connectivity index (χ3n) is 4.00. The average Bonchev–Trinajstić information content (AvgIpc) is 2.28. The van der Waals surface area contributed by atoms with Crippen molar-refractivity contribution in [2.75, 3.05) is 67.1 Å². The molecule has 0 radical (unpaired) electrons. The molecule has 0 unspecified atom stereocenters. The zero-order valence-electron chi connectivity index (χ0n) is 12.3. The summed E-state index contributed by atoms with van der Waals surface area (Å²) < 4.78 is 7.91. The second kappa shape index (κ2) is 7.25. The Hall–Kier alpha value is -0.120. The van der Waals surface area contributed by atoms with Crippen molar-refractivity contribution < 1.29 is 13.7 Å². The number of rotatable bonds is 9. The molecule has 0 bridgehead atoms. The number of quaternary nitrogens is 2. The van der Waals surface area contributed by atoms with Crippen molar-refractivity contribution in [2.24, 2.45) is 0 Å². The van der Waals surface area contributed by atoms with Crippen molar-refractivity contribution in [1.29, 1.82) is 0 Å². The molecule has 0 amide bonds. The maximum atomic E-state index is 5.74. The van der Waals surface area contributed by atoms with Crippen LogP contribution in [-0.4, -0.2) is 76.0 Å². The number of nitrogens with zero attached hydrogens (tertiary/aromatic N) is 2. The summed E-state index contributed by atoms with van der Waals surface area (Å²) in [6.07, 6.45) is 0. The summed E-state index contributed by atoms with van der Waals surface area (Å²) in [7, 11) is 6.80. The molecule has 0 fully saturated rings. The van der Waals surface area contributed by atoms with Crippen LogP contribution in [0, 0.1) is 0 Å². The van der Waals surface area contributed by atoms with Gasteiger partial charge < -0.3 is 13.7 Å². The van der Waals surface area contributed by atoms with Gasteiger partial charge in [-0.15, -0.1) is 0 Å². The van der Waals surface area contributed by atoms with Crippen LogP contribution in [0.1, 0.15) is 20.8 Å². The smallest absolute Gasteiger partial charge is 0.102 e. The highest BCUT2D eigenvalue weighted by Gasteiger charge is 2.16. The SMILES string of the molecule is CC[N+](C)(C)CCOCC[N+](C)(CC)CC. The van der Waals surface area contributed by atoms with Crippen LogP contribution in [0.5, 0.6) is 0 Å². The van der Waals surface area contributed by atoms with E-state index in [2.05, 4.69) is 41.9 Å². The molecule has 0 spiro atoms. The van der Waals surface area contributed by atoms with Gasteiger partial charge in [-0.2, -0.15) is 0 Å². The average molecular weight is 232 g/mol. The molecule has 3 heteroatoms. The van der Waals surface area contributed by atoms with E-state index < -0.39 is 0 Å². The third kappa shape index (κ3) is 6.46. The van der Waals surface area contributed by atoms with Gasteiger partial charge >= 0.3 is 0 Å². The van der Waals surface area contributed by atoms with Gasteiger partial charge in [0.25, 0.3) is 0 Å². The lowest BCUT2D eigenvalue weighted by Crippen LogP contribution is -2.46. The van der Waals surface area contributed by atoms with E-state index in [0.717, 1.165) is 35.3 Å². The minimum absolute atomic E-state index is 0.883. The van der Waals surface area contributed by atoms with E-state index in [1.165, 1.54) is 19.6 Å². The van der Waals surface area contributed by atoms with Crippen LogP contribution in [0.3, 0.4) is 0 Å². The Morgan fingerprint density at radius 2 is 1.25 bits per heavy atom. The number of likely N-dealkylation sites (N-methyl/N-ethyl adjacent to an activating group) is 2. The van der Waals surface area contributed by atoms with E-state index >= 15 is 0 Å². The summed E-state index contributed by atoms with van der Waals surface area (Å²) in [6.45, 7) is 14.3. The standard InChI is InChI=1S/C13H32N2O/c1-7-14(4,5)10-12-16-13-11-15(6,8-2)9-3/h7-13H2,1-6H3/q+2. The lowest BCUT2D eigenvalue weighted by molar-refractivity contribution is -0.907. The predicted molar refractivity (Wildman–Crippen MR) is 70.5 cm³/mol. The second-order valence-corrected chi connectivity index (χ2v) is 5.56. The molecule has 0 heterocycles. The Bertz CT molecular complexity index is 177. The van der Waals surface area contributed by atoms with E-state index in [0.29, 0.717) is 0 Å². The van der Waals surface area contributed by atoms with Crippen molar-refractivity contribution in [3.63, 3.8) is 0 Å². The van der Waals surface area contributed by atoms with Crippen LogP contribution in [0.25, 0.3) is 0 Å². The van der Waals surface area contributed by atoms with Crippen LogP contribution < -0.4 is 0 Å². The fourth-order valence-corrected chi connectivity index (χ4v) is 1.40. The van der Waals surface area contributed by atoms with Crippen molar-refractivity contribution in [3.8, 4) is 0 Å². The van der Waals surface area contributed by atoms with E-state index in [9.17, 15) is 0 Å². The van der Waals surface area contributed by atoms with Gasteiger partial charge in [0, 0.05) is 0 Å². The lowest BCUT2D eigenvalue weighted by atomic mass is 10.4. The van der Waals surface area contributed by atoms with E-state index in [1.54, 1.807) is 0 Å². The van der Waals surface area contributed by atoms with Crippen molar-refractivity contribution >= 4 is 0 Å². The first-order chi connectivity index (χ1) is 7.39. The molecule has 0 aromatic heterocycles. The first kappa shape index (κ1) is 15.9. The minimum Gasteiger partial charge on any atom is -0.370 e. The summed E-state index contributed by atoms with van der Waals surface area (Å²) in [5, 5.41) is 0. The Balaban J connectivity index is 3.61. The summed E-state index contributed by atoms with van der Waals surface area (Å²) in [5.74, 6) is 0. The Morgan fingerprint density at radius 3 is 1.69 bits per heavy atom. The molecule has 0 N–H and O–H groups in total. The van der Waals surface area contributed by atoms with Crippen LogP contribution in [-0.2, 0) is 4.74 Å². The normalized spacial score (nSPS) is 13.1. The fraction of sp³-hybridized carbons (Fsp3) is 1.00. The molecule has 0 aromatic rings. The van der Waals surface area contributed by atoms with Gasteiger partial charge in [0.05, 0.1) is 54.0 Å². The van der Waals surface area contributed by atoms with Crippen molar-refractivity contribution in [1.82, 2.24) is 0 Å². The summed E-state index contributed by atoms with van der Waals surface area (Å²) >= 11 is 0. The highest BCUT2D eigenvalue weighted by atomic mass is 16.5. The zero-order valence-corrected chi connectivity index (χ0v) is 12.3. The second-order valence-electron chi connectivity index (χ2n) is 5.56. The maximum Gasteiger partial charge on any atom is 0.102 e. The predicted octanol–water partition coefficient (Wildman–Crippen LogP) is 1.59. The van der Waals surface area contributed by atoms with Crippen LogP contribution in [0.15, 0.2) is 0 Å². The van der Waals surface area contributed by atoms with Gasteiger partial charge in [0.2, 0.25) is 0 Å². The highest BCUT2D eigenvalue weighted by Crippen LogP contribution is 2.01. The monoisotopic (exact) mass is 232 g/mol. The summed E-state index contributed by atoms with van der Waals surface area (Å²) in [4.78, 5) is 0. The molecule has 0 aliphatic heterocycles. The Morgan fingerprint density at radius 1 is 0.750 bits per heavy atom. The fourth-order valence-electron chi connectivity index (χ4n) is 1.40. The van der Waals surface area contributed by atoms with Crippen LogP contribution >= 0.6 is 0 Å². The first-order valence-electron chi connectivity index (χ1n) is 6.62. The number of ether oxygens (including phenoxy) is 1. The van der Waals surface area contributed by atoms with Crippen LogP contribution in [0.4, 0.5) is 0 Å². The Labute approximate surface area is 102 Å². The molecule has 0 aromatic carbocycles. The van der Waals surface area contributed by atoms with Crippen LogP contribution in [0.2, 0.25) is 0 Å². The van der Waals surface area contributed by atoms with E-state index in [-0.39, 0.29) is 0 Å². The van der Waals surface area contributed by atoms with Gasteiger partial charge in [-0.3, -0.25) is 0 Å². The molecule has 16 heavy (non-hydrogen) atoms.